The molecule has 1 fully saturated rings. The van der Waals surface area contributed by atoms with Crippen molar-refractivity contribution >= 4 is 15.4 Å². The number of imidazole rings is 1. The van der Waals surface area contributed by atoms with Gasteiger partial charge in [-0.05, 0) is 25.0 Å². The molecular weight excluding hydrogens is 250 g/mol. The summed E-state index contributed by atoms with van der Waals surface area (Å²) >= 11 is 0. The van der Waals surface area contributed by atoms with Crippen LogP contribution in [-0.4, -0.2) is 23.6 Å². The second-order valence-electron chi connectivity index (χ2n) is 4.60. The Balaban J connectivity index is 2.24. The predicted molar refractivity (Wildman–Crippen MR) is 68.8 cm³/mol. The monoisotopic (exact) mass is 265 g/mol. The Labute approximate surface area is 106 Å². The topological polar surface area (TPSA) is 77.5 Å². The third-order valence-electron chi connectivity index (χ3n) is 3.48. The highest BCUT2D eigenvalue weighted by Gasteiger charge is 2.35. The summed E-state index contributed by atoms with van der Waals surface area (Å²) in [5.74, 6) is 0.876. The van der Waals surface area contributed by atoms with E-state index in [1.807, 2.05) is 22.6 Å². The van der Waals surface area contributed by atoms with Crippen LogP contribution < -0.4 is 5.73 Å². The van der Waals surface area contributed by atoms with E-state index in [-0.39, 0.29) is 5.75 Å². The summed E-state index contributed by atoms with van der Waals surface area (Å²) in [4.78, 5) is 4.31. The van der Waals surface area contributed by atoms with Crippen LogP contribution in [0.5, 0.6) is 0 Å². The van der Waals surface area contributed by atoms with Gasteiger partial charge in [0, 0.05) is 12.2 Å². The summed E-state index contributed by atoms with van der Waals surface area (Å²) in [6.07, 6.45) is 3.08. The molecule has 2 aromatic heterocycles. The van der Waals surface area contributed by atoms with Crippen LogP contribution in [0.2, 0.25) is 0 Å². The van der Waals surface area contributed by atoms with Crippen molar-refractivity contribution in [2.24, 2.45) is 5.73 Å². The molecule has 0 bridgehead atoms. The first kappa shape index (κ1) is 11.7. The maximum absolute atomic E-state index is 12.0. The van der Waals surface area contributed by atoms with Crippen LogP contribution in [0.15, 0.2) is 24.4 Å². The third-order valence-corrected chi connectivity index (χ3v) is 5.66. The van der Waals surface area contributed by atoms with Gasteiger partial charge in [0.1, 0.15) is 11.1 Å². The Morgan fingerprint density at radius 2 is 2.28 bits per heavy atom. The van der Waals surface area contributed by atoms with Crippen molar-refractivity contribution in [2.75, 3.05) is 5.75 Å². The van der Waals surface area contributed by atoms with E-state index in [4.69, 9.17) is 5.73 Å². The van der Waals surface area contributed by atoms with Gasteiger partial charge in [-0.2, -0.15) is 0 Å². The first-order chi connectivity index (χ1) is 8.63. The van der Waals surface area contributed by atoms with Crippen LogP contribution in [0.1, 0.15) is 29.6 Å². The maximum Gasteiger partial charge on any atom is 0.160 e. The summed E-state index contributed by atoms with van der Waals surface area (Å²) in [5.41, 5.74) is 7.50. The van der Waals surface area contributed by atoms with E-state index in [0.717, 1.165) is 11.2 Å². The predicted octanol–water partition coefficient (Wildman–Crippen LogP) is 1.04. The van der Waals surface area contributed by atoms with Gasteiger partial charge in [-0.3, -0.25) is 4.40 Å². The number of nitrogens with zero attached hydrogens (tertiary/aromatic N) is 2. The molecule has 0 spiro atoms. The highest BCUT2D eigenvalue weighted by atomic mass is 32.2. The number of hydrogen-bond donors (Lipinski definition) is 1. The van der Waals surface area contributed by atoms with Crippen LogP contribution in [0.25, 0.3) is 5.52 Å². The molecule has 1 aliphatic rings. The van der Waals surface area contributed by atoms with Crippen molar-refractivity contribution in [1.82, 2.24) is 9.38 Å². The van der Waals surface area contributed by atoms with E-state index in [2.05, 4.69) is 4.98 Å². The Kier molecular flexibility index (Phi) is 2.64. The molecule has 2 N–H and O–H groups in total. The number of pyridine rings is 1. The van der Waals surface area contributed by atoms with Gasteiger partial charge in [0.15, 0.2) is 9.84 Å². The van der Waals surface area contributed by atoms with Crippen molar-refractivity contribution in [1.29, 1.82) is 0 Å². The number of rotatable bonds is 2. The van der Waals surface area contributed by atoms with Gasteiger partial charge >= 0.3 is 0 Å². The van der Waals surface area contributed by atoms with Crippen LogP contribution >= 0.6 is 0 Å². The molecular formula is C12H15N3O2S. The van der Waals surface area contributed by atoms with Crippen LogP contribution in [0.4, 0.5) is 0 Å². The maximum atomic E-state index is 12.0. The molecule has 2 aromatic rings. The zero-order valence-corrected chi connectivity index (χ0v) is 10.7. The van der Waals surface area contributed by atoms with E-state index in [1.165, 1.54) is 0 Å². The fourth-order valence-electron chi connectivity index (χ4n) is 2.61. The second-order valence-corrected chi connectivity index (χ2v) is 6.90. The van der Waals surface area contributed by atoms with E-state index in [9.17, 15) is 8.42 Å². The van der Waals surface area contributed by atoms with Crippen molar-refractivity contribution < 1.29 is 8.42 Å². The Morgan fingerprint density at radius 1 is 1.44 bits per heavy atom. The number of sulfone groups is 1. The standard InChI is InChI=1S/C12H15N3O2S/c13-7-9-3-1-4-10-8-14-12(15(9)10)11-5-2-6-18(11,16)17/h1,3-4,8,11H,2,5-7,13H2. The molecule has 1 aliphatic heterocycles. The molecule has 1 unspecified atom stereocenters. The quantitative estimate of drug-likeness (QED) is 0.880. The van der Waals surface area contributed by atoms with Crippen LogP contribution in [-0.2, 0) is 16.4 Å². The molecule has 0 radical (unpaired) electrons. The SMILES string of the molecule is NCc1cccc2cnc(C3CCCS3(=O)=O)n12. The summed E-state index contributed by atoms with van der Waals surface area (Å²) in [6.45, 7) is 0.369. The molecule has 3 heterocycles. The van der Waals surface area contributed by atoms with E-state index in [0.29, 0.717) is 25.2 Å². The molecule has 0 aromatic carbocycles. The van der Waals surface area contributed by atoms with E-state index in [1.54, 1.807) is 6.20 Å². The highest BCUT2D eigenvalue weighted by molar-refractivity contribution is 7.91. The molecule has 6 heteroatoms. The lowest BCUT2D eigenvalue weighted by molar-refractivity contribution is 0.588. The molecule has 0 saturated carbocycles. The van der Waals surface area contributed by atoms with E-state index < -0.39 is 15.1 Å². The highest BCUT2D eigenvalue weighted by Crippen LogP contribution is 2.34. The molecule has 0 aliphatic carbocycles. The minimum absolute atomic E-state index is 0.261. The summed E-state index contributed by atoms with van der Waals surface area (Å²) in [5, 5.41) is -0.479. The van der Waals surface area contributed by atoms with Crippen molar-refractivity contribution in [3.63, 3.8) is 0 Å². The fourth-order valence-corrected chi connectivity index (χ4v) is 4.48. The zero-order chi connectivity index (χ0) is 12.8. The summed E-state index contributed by atoms with van der Waals surface area (Å²) < 4.78 is 25.9. The molecule has 96 valence electrons. The Bertz CT molecular complexity index is 690. The van der Waals surface area contributed by atoms with Crippen molar-refractivity contribution in [3.8, 4) is 0 Å². The number of hydrogen-bond acceptors (Lipinski definition) is 4. The Morgan fingerprint density at radius 3 is 2.94 bits per heavy atom. The van der Waals surface area contributed by atoms with Crippen LogP contribution in [0.3, 0.4) is 0 Å². The molecule has 5 nitrogen and oxygen atoms in total. The number of aromatic nitrogens is 2. The van der Waals surface area contributed by atoms with Crippen molar-refractivity contribution in [2.45, 2.75) is 24.6 Å². The van der Waals surface area contributed by atoms with Crippen molar-refractivity contribution in [3.05, 3.63) is 35.9 Å². The normalized spacial score (nSPS) is 22.6. The fraction of sp³-hybridized carbons (Fsp3) is 0.417. The molecule has 18 heavy (non-hydrogen) atoms. The minimum Gasteiger partial charge on any atom is -0.325 e. The summed E-state index contributed by atoms with van der Waals surface area (Å²) in [6, 6.07) is 5.73. The molecule has 1 atom stereocenters. The lowest BCUT2D eigenvalue weighted by Gasteiger charge is -2.11. The van der Waals surface area contributed by atoms with Gasteiger partial charge < -0.3 is 5.73 Å². The molecule has 3 rings (SSSR count). The van der Waals surface area contributed by atoms with E-state index >= 15 is 0 Å². The zero-order valence-electron chi connectivity index (χ0n) is 9.91. The largest absolute Gasteiger partial charge is 0.325 e. The van der Waals surface area contributed by atoms with Gasteiger partial charge in [-0.15, -0.1) is 0 Å². The average Bonchev–Trinajstić information content (AvgIpc) is 2.91. The lowest BCUT2D eigenvalue weighted by Crippen LogP contribution is -2.14. The third kappa shape index (κ3) is 1.64. The van der Waals surface area contributed by atoms with Gasteiger partial charge in [-0.25, -0.2) is 13.4 Å². The average molecular weight is 265 g/mol. The second kappa shape index (κ2) is 4.07. The first-order valence-corrected chi connectivity index (χ1v) is 7.72. The van der Waals surface area contributed by atoms with Crippen LogP contribution in [0, 0.1) is 0 Å². The lowest BCUT2D eigenvalue weighted by atomic mass is 10.2. The first-order valence-electron chi connectivity index (χ1n) is 6.00. The molecule has 1 saturated heterocycles. The molecule has 0 amide bonds. The smallest absolute Gasteiger partial charge is 0.160 e. The van der Waals surface area contributed by atoms with Gasteiger partial charge in [0.25, 0.3) is 0 Å². The van der Waals surface area contributed by atoms with Gasteiger partial charge in [0.2, 0.25) is 0 Å². The number of fused-ring (bicyclic) bond motifs is 1. The number of nitrogens with two attached hydrogens (primary N) is 1. The summed E-state index contributed by atoms with van der Waals surface area (Å²) in [7, 11) is -3.05. The van der Waals surface area contributed by atoms with Gasteiger partial charge in [0.05, 0.1) is 17.5 Å². The van der Waals surface area contributed by atoms with Gasteiger partial charge in [-0.1, -0.05) is 6.07 Å². The Hall–Kier alpha value is -1.40. The minimum atomic E-state index is -3.05.